The smallest absolute Gasteiger partial charge is 0.339 e. The Morgan fingerprint density at radius 1 is 1.08 bits per heavy atom. The first kappa shape index (κ1) is 17.5. The fraction of sp³-hybridized carbons (Fsp3) is 0.167. The average Bonchev–Trinajstić information content (AvgIpc) is 2.53. The molecule has 0 aliphatic rings. The van der Waals surface area contributed by atoms with E-state index in [4.69, 9.17) is 20.2 Å². The minimum Gasteiger partial charge on any atom is -0.423 e. The van der Waals surface area contributed by atoms with Gasteiger partial charge in [-0.15, -0.1) is 0 Å². The van der Waals surface area contributed by atoms with E-state index in [0.29, 0.717) is 0 Å². The Kier molecular flexibility index (Phi) is 4.58. The van der Waals surface area contributed by atoms with E-state index in [9.17, 15) is 13.2 Å². The van der Waals surface area contributed by atoms with E-state index in [2.05, 4.69) is 0 Å². The molecule has 0 saturated heterocycles. The molecule has 1 aromatic heterocycles. The molecule has 2 aromatic carbocycles. The van der Waals surface area contributed by atoms with Gasteiger partial charge < -0.3 is 8.60 Å². The predicted molar refractivity (Wildman–Crippen MR) is 95.8 cm³/mol. The van der Waals surface area contributed by atoms with Gasteiger partial charge in [0.15, 0.2) is 0 Å². The minimum atomic E-state index is -4.05. The predicted octanol–water partition coefficient (Wildman–Crippen LogP) is 4.34. The van der Waals surface area contributed by atoms with Crippen LogP contribution < -0.4 is 9.81 Å². The topological polar surface area (TPSA) is 73.6 Å². The van der Waals surface area contributed by atoms with Crippen molar-refractivity contribution in [2.45, 2.75) is 24.7 Å². The van der Waals surface area contributed by atoms with Crippen LogP contribution in [0.5, 0.6) is 5.75 Å². The Morgan fingerprint density at radius 3 is 2.52 bits per heavy atom. The maximum Gasteiger partial charge on any atom is 0.339 e. The third-order valence-corrected chi connectivity index (χ3v) is 5.14. The summed E-state index contributed by atoms with van der Waals surface area (Å²) in [4.78, 5) is 11.7. The summed E-state index contributed by atoms with van der Waals surface area (Å²) in [6.45, 7) is 3.92. The summed E-state index contributed by atoms with van der Waals surface area (Å²) in [7, 11) is -4.05. The van der Waals surface area contributed by atoms with Crippen molar-refractivity contribution in [3.63, 3.8) is 0 Å². The van der Waals surface area contributed by atoms with E-state index in [0.717, 1.165) is 10.9 Å². The van der Waals surface area contributed by atoms with Crippen molar-refractivity contribution in [2.24, 2.45) is 0 Å². The zero-order valence-electron chi connectivity index (χ0n) is 13.5. The van der Waals surface area contributed by atoms with Crippen LogP contribution in [0.25, 0.3) is 11.0 Å². The monoisotopic (exact) mass is 378 g/mol. The van der Waals surface area contributed by atoms with E-state index in [1.54, 1.807) is 12.1 Å². The normalized spacial score (nSPS) is 11.8. The van der Waals surface area contributed by atoms with Crippen LogP contribution in [-0.2, 0) is 10.1 Å². The number of hydrogen-bond acceptors (Lipinski definition) is 5. The maximum atomic E-state index is 12.4. The van der Waals surface area contributed by atoms with E-state index in [1.807, 2.05) is 13.8 Å². The van der Waals surface area contributed by atoms with Crippen LogP contribution in [0, 0.1) is 0 Å². The molecule has 7 heteroatoms. The van der Waals surface area contributed by atoms with E-state index in [1.165, 1.54) is 36.4 Å². The lowest BCUT2D eigenvalue weighted by molar-refractivity contribution is 0.485. The van der Waals surface area contributed by atoms with E-state index >= 15 is 0 Å². The van der Waals surface area contributed by atoms with Crippen LogP contribution in [0.1, 0.15) is 25.3 Å². The van der Waals surface area contributed by atoms with Crippen LogP contribution >= 0.6 is 11.6 Å². The first-order valence-corrected chi connectivity index (χ1v) is 9.33. The molecule has 0 fully saturated rings. The third kappa shape index (κ3) is 3.70. The first-order valence-electron chi connectivity index (χ1n) is 7.54. The fourth-order valence-electron chi connectivity index (χ4n) is 2.49. The Morgan fingerprint density at radius 2 is 1.84 bits per heavy atom. The Hall–Kier alpha value is -2.31. The van der Waals surface area contributed by atoms with Crippen LogP contribution in [-0.4, -0.2) is 8.42 Å². The summed E-state index contributed by atoms with van der Waals surface area (Å²) in [6, 6.07) is 11.8. The fourth-order valence-corrected chi connectivity index (χ4v) is 3.72. The number of halogens is 1. The second-order valence-corrected chi connectivity index (χ2v) is 7.81. The molecule has 0 bridgehead atoms. The largest absolute Gasteiger partial charge is 0.423 e. The van der Waals surface area contributed by atoms with Gasteiger partial charge in [0.2, 0.25) is 0 Å². The van der Waals surface area contributed by atoms with Crippen LogP contribution in [0.15, 0.2) is 62.6 Å². The highest BCUT2D eigenvalue weighted by Gasteiger charge is 2.18. The van der Waals surface area contributed by atoms with Gasteiger partial charge in [-0.25, -0.2) is 4.79 Å². The summed E-state index contributed by atoms with van der Waals surface area (Å²) in [5.74, 6) is 0.171. The number of rotatable bonds is 4. The van der Waals surface area contributed by atoms with Gasteiger partial charge in [-0.1, -0.05) is 31.5 Å². The van der Waals surface area contributed by atoms with E-state index in [-0.39, 0.29) is 27.2 Å². The highest BCUT2D eigenvalue weighted by molar-refractivity contribution is 7.87. The van der Waals surface area contributed by atoms with Crippen molar-refractivity contribution in [3.8, 4) is 5.75 Å². The van der Waals surface area contributed by atoms with Crippen molar-refractivity contribution >= 4 is 32.7 Å². The summed E-state index contributed by atoms with van der Waals surface area (Å²) in [6.07, 6.45) is 0. The first-order chi connectivity index (χ1) is 11.8. The lowest BCUT2D eigenvalue weighted by atomic mass is 10.00. The van der Waals surface area contributed by atoms with Crippen molar-refractivity contribution in [2.75, 3.05) is 0 Å². The molecule has 0 aliphatic carbocycles. The maximum absolute atomic E-state index is 12.4. The van der Waals surface area contributed by atoms with Crippen molar-refractivity contribution in [3.05, 3.63) is 69.5 Å². The molecule has 3 aromatic rings. The zero-order valence-corrected chi connectivity index (χ0v) is 15.1. The summed E-state index contributed by atoms with van der Waals surface area (Å²) < 4.78 is 35.0. The van der Waals surface area contributed by atoms with E-state index < -0.39 is 15.7 Å². The molecule has 0 N–H and O–H groups in total. The molecule has 0 aliphatic heterocycles. The van der Waals surface area contributed by atoms with Gasteiger partial charge in [0.05, 0.1) is 0 Å². The van der Waals surface area contributed by atoms with Gasteiger partial charge in [0.1, 0.15) is 16.2 Å². The quantitative estimate of drug-likeness (QED) is 0.498. The molecule has 5 nitrogen and oxygen atoms in total. The van der Waals surface area contributed by atoms with Crippen LogP contribution in [0.4, 0.5) is 0 Å². The summed E-state index contributed by atoms with van der Waals surface area (Å²) in [5, 5.41) is 1.03. The Balaban J connectivity index is 2.04. The molecule has 0 radical (unpaired) electrons. The van der Waals surface area contributed by atoms with Gasteiger partial charge in [-0.2, -0.15) is 8.42 Å². The van der Waals surface area contributed by atoms with Crippen LogP contribution in [0.3, 0.4) is 0 Å². The molecule has 0 spiro atoms. The molecule has 1 heterocycles. The minimum absolute atomic E-state index is 0.0523. The lowest BCUT2D eigenvalue weighted by Crippen LogP contribution is -2.10. The highest BCUT2D eigenvalue weighted by atomic mass is 35.5. The second kappa shape index (κ2) is 6.54. The van der Waals surface area contributed by atoms with Crippen molar-refractivity contribution < 1.29 is 17.0 Å². The number of benzene rings is 2. The lowest BCUT2D eigenvalue weighted by Gasteiger charge is -2.11. The number of hydrogen-bond donors (Lipinski definition) is 0. The van der Waals surface area contributed by atoms with Crippen LogP contribution in [0.2, 0.25) is 5.02 Å². The summed E-state index contributed by atoms with van der Waals surface area (Å²) in [5.41, 5.74) is 0.608. The molecule has 0 atom stereocenters. The van der Waals surface area contributed by atoms with Crippen molar-refractivity contribution in [1.82, 2.24) is 0 Å². The molecular formula is C18H15ClO5S. The van der Waals surface area contributed by atoms with Gasteiger partial charge in [-0.05, 0) is 41.8 Å². The SMILES string of the molecule is CC(C)c1cc(=O)oc2cc(OS(=O)(=O)c3cccc(Cl)c3)ccc12. The Labute approximate surface area is 149 Å². The highest BCUT2D eigenvalue weighted by Crippen LogP contribution is 2.28. The molecule has 3 rings (SSSR count). The zero-order chi connectivity index (χ0) is 18.2. The van der Waals surface area contributed by atoms with Gasteiger partial charge in [0, 0.05) is 22.5 Å². The molecular weight excluding hydrogens is 364 g/mol. The van der Waals surface area contributed by atoms with Crippen molar-refractivity contribution in [1.29, 1.82) is 0 Å². The third-order valence-electron chi connectivity index (χ3n) is 3.66. The molecule has 25 heavy (non-hydrogen) atoms. The van der Waals surface area contributed by atoms with Gasteiger partial charge in [-0.3, -0.25) is 0 Å². The standard InChI is InChI=1S/C18H15ClO5S/c1-11(2)16-10-18(20)23-17-9-13(6-7-15(16)17)24-25(21,22)14-5-3-4-12(19)8-14/h3-11H,1-2H3. The second-order valence-electron chi connectivity index (χ2n) is 5.83. The molecule has 0 saturated carbocycles. The molecule has 0 unspecified atom stereocenters. The van der Waals surface area contributed by atoms with Gasteiger partial charge in [0.25, 0.3) is 0 Å². The molecule has 130 valence electrons. The Bertz CT molecular complexity index is 1100. The average molecular weight is 379 g/mol. The van der Waals surface area contributed by atoms with Gasteiger partial charge >= 0.3 is 15.7 Å². The number of fused-ring (bicyclic) bond motifs is 1. The molecule has 0 amide bonds. The summed E-state index contributed by atoms with van der Waals surface area (Å²) >= 11 is 5.83.